The van der Waals surface area contributed by atoms with E-state index in [1.54, 1.807) is 0 Å². The predicted octanol–water partition coefficient (Wildman–Crippen LogP) is 1.58. The molecule has 0 aliphatic heterocycles. The second-order valence-electron chi connectivity index (χ2n) is 3.09. The summed E-state index contributed by atoms with van der Waals surface area (Å²) in [7, 11) is 0. The number of hydrogen-bond acceptors (Lipinski definition) is 4. The maximum absolute atomic E-state index is 11.5. The van der Waals surface area contributed by atoms with Gasteiger partial charge in [-0.1, -0.05) is 11.8 Å². The molecule has 1 N–H and O–H groups in total. The van der Waals surface area contributed by atoms with Crippen LogP contribution < -0.4 is 5.32 Å². The van der Waals surface area contributed by atoms with Crippen molar-refractivity contribution in [3.05, 3.63) is 18.0 Å². The van der Waals surface area contributed by atoms with Crippen LogP contribution in [-0.2, 0) is 0 Å². The van der Waals surface area contributed by atoms with Crippen molar-refractivity contribution in [1.29, 1.82) is 0 Å². The normalized spacial score (nSPS) is 10.3. The number of amides is 1. The minimum atomic E-state index is -0.132. The Labute approximate surface area is 89.0 Å². The molecular weight excluding hydrogens is 198 g/mol. The summed E-state index contributed by atoms with van der Waals surface area (Å²) in [4.78, 5) is 19.5. The first-order chi connectivity index (χ1) is 6.63. The van der Waals surface area contributed by atoms with Gasteiger partial charge in [0.05, 0.1) is 5.56 Å². The van der Waals surface area contributed by atoms with Crippen molar-refractivity contribution >= 4 is 17.7 Å². The number of carbonyl (C=O) groups excluding carboxylic acids is 1. The molecule has 5 heteroatoms. The number of nitrogens with one attached hydrogen (secondary N) is 1. The van der Waals surface area contributed by atoms with Gasteiger partial charge in [0.1, 0.15) is 0 Å². The van der Waals surface area contributed by atoms with Crippen molar-refractivity contribution in [3.63, 3.8) is 0 Å². The molecule has 0 fully saturated rings. The Kier molecular flexibility index (Phi) is 3.88. The Morgan fingerprint density at radius 1 is 1.50 bits per heavy atom. The van der Waals surface area contributed by atoms with Crippen molar-refractivity contribution < 1.29 is 6.22 Å². The molecule has 4 nitrogen and oxygen atoms in total. The number of thioether (sulfide) groups is 1. The summed E-state index contributed by atoms with van der Waals surface area (Å²) < 4.78 is 0. The lowest BCUT2D eigenvalue weighted by atomic mass is 10.3. The van der Waals surface area contributed by atoms with E-state index >= 15 is 0 Å². The summed E-state index contributed by atoms with van der Waals surface area (Å²) >= 11 is 1.45. The van der Waals surface area contributed by atoms with Gasteiger partial charge in [0.25, 0.3) is 5.91 Å². The maximum Gasteiger partial charge on any atom is 0.254 e. The van der Waals surface area contributed by atoms with E-state index in [-0.39, 0.29) is 13.4 Å². The van der Waals surface area contributed by atoms with E-state index in [0.717, 1.165) is 0 Å². The van der Waals surface area contributed by atoms with Crippen LogP contribution in [0.25, 0.3) is 0 Å². The summed E-state index contributed by atoms with van der Waals surface area (Å²) in [6, 6.07) is 0.128. The highest BCUT2D eigenvalue weighted by molar-refractivity contribution is 7.98. The van der Waals surface area contributed by atoms with Crippen molar-refractivity contribution in [2.24, 2.45) is 0 Å². The summed E-state index contributed by atoms with van der Waals surface area (Å²) in [6.45, 7) is 3.82. The molecule has 1 amide bonds. The third kappa shape index (κ3) is 2.99. The van der Waals surface area contributed by atoms with E-state index < -0.39 is 0 Å². The molecule has 0 atom stereocenters. The quantitative estimate of drug-likeness (QED) is 0.612. The highest BCUT2D eigenvalue weighted by Gasteiger charge is 2.07. The van der Waals surface area contributed by atoms with Crippen LogP contribution in [0.3, 0.4) is 0 Å². The zero-order valence-corrected chi connectivity index (χ0v) is 9.26. The zero-order valence-electron chi connectivity index (χ0n) is 8.44. The Hall–Kier alpha value is -1.10. The molecule has 14 heavy (non-hydrogen) atoms. The summed E-state index contributed by atoms with van der Waals surface area (Å²) in [5.74, 6) is -0.132. The van der Waals surface area contributed by atoms with Gasteiger partial charge in [-0.15, -0.1) is 0 Å². The lowest BCUT2D eigenvalue weighted by molar-refractivity contribution is 0.0942. The second-order valence-corrected chi connectivity index (χ2v) is 3.86. The Bertz CT molecular complexity index is 316. The van der Waals surface area contributed by atoms with Crippen LogP contribution in [0.4, 0.5) is 0 Å². The average molecular weight is 213 g/mol. The molecule has 0 saturated heterocycles. The third-order valence-corrected chi connectivity index (χ3v) is 2.07. The van der Waals surface area contributed by atoms with Gasteiger partial charge in [0, 0.05) is 19.9 Å². The summed E-state index contributed by atoms with van der Waals surface area (Å²) in [5, 5.41) is 3.44. The number of rotatable bonds is 3. The largest absolute Gasteiger partial charge is 0.350 e. The first-order valence-electron chi connectivity index (χ1n) is 4.30. The number of aromatic nitrogens is 2. The van der Waals surface area contributed by atoms with Crippen molar-refractivity contribution in [1.82, 2.24) is 15.3 Å². The standard InChI is InChI=1S/C9H13N3OS.H2/c1-6(2)12-8(13)7-4-10-9(14-3)11-5-7;/h4-6H,1-3H3,(H,12,13);1H. The fraction of sp³-hybridized carbons (Fsp3) is 0.444. The van der Waals surface area contributed by atoms with Gasteiger partial charge in [-0.2, -0.15) is 0 Å². The Morgan fingerprint density at radius 2 is 2.07 bits per heavy atom. The molecule has 0 aliphatic rings. The number of hydrogen-bond donors (Lipinski definition) is 1. The van der Waals surface area contributed by atoms with Crippen molar-refractivity contribution in [2.45, 2.75) is 25.0 Å². The SMILES string of the molecule is CSc1ncc(C(=O)NC(C)C)cn1.[HH]. The van der Waals surface area contributed by atoms with Gasteiger partial charge in [-0.05, 0) is 20.1 Å². The maximum atomic E-state index is 11.5. The van der Waals surface area contributed by atoms with Crippen LogP contribution in [0.1, 0.15) is 25.6 Å². The predicted molar refractivity (Wildman–Crippen MR) is 58.5 cm³/mol. The van der Waals surface area contributed by atoms with E-state index in [1.807, 2.05) is 20.1 Å². The van der Waals surface area contributed by atoms with Crippen LogP contribution >= 0.6 is 11.8 Å². The van der Waals surface area contributed by atoms with Gasteiger partial charge < -0.3 is 5.32 Å². The Balaban J connectivity index is 0.00000196. The molecule has 0 spiro atoms. The first kappa shape index (κ1) is 11.0. The molecule has 1 rings (SSSR count). The minimum Gasteiger partial charge on any atom is -0.350 e. The lowest BCUT2D eigenvalue weighted by Crippen LogP contribution is -2.30. The zero-order chi connectivity index (χ0) is 10.6. The van der Waals surface area contributed by atoms with Gasteiger partial charge in [-0.3, -0.25) is 4.79 Å². The highest BCUT2D eigenvalue weighted by Crippen LogP contribution is 2.06. The van der Waals surface area contributed by atoms with Crippen LogP contribution in [-0.4, -0.2) is 28.2 Å². The third-order valence-electron chi connectivity index (χ3n) is 1.49. The fourth-order valence-corrected chi connectivity index (χ4v) is 1.20. The second kappa shape index (κ2) is 4.95. The van der Waals surface area contributed by atoms with Gasteiger partial charge in [0.15, 0.2) is 5.16 Å². The number of carbonyl (C=O) groups is 1. The molecular formula is C9H15N3OS. The average Bonchev–Trinajstić information content (AvgIpc) is 2.17. The van der Waals surface area contributed by atoms with Crippen LogP contribution in [0.2, 0.25) is 0 Å². The molecule has 0 radical (unpaired) electrons. The van der Waals surface area contributed by atoms with Gasteiger partial charge in [0.2, 0.25) is 0 Å². The molecule has 1 aromatic heterocycles. The monoisotopic (exact) mass is 213 g/mol. The molecule has 0 unspecified atom stereocenters. The molecule has 0 aromatic carbocycles. The molecule has 1 aromatic rings. The fourth-order valence-electron chi connectivity index (χ4n) is 0.884. The highest BCUT2D eigenvalue weighted by atomic mass is 32.2. The van der Waals surface area contributed by atoms with Crippen molar-refractivity contribution in [3.8, 4) is 0 Å². The lowest BCUT2D eigenvalue weighted by Gasteiger charge is -2.07. The van der Waals surface area contributed by atoms with E-state index in [0.29, 0.717) is 10.7 Å². The van der Waals surface area contributed by atoms with E-state index in [4.69, 9.17) is 0 Å². The molecule has 0 bridgehead atoms. The first-order valence-corrected chi connectivity index (χ1v) is 5.53. The minimum absolute atomic E-state index is 0. The summed E-state index contributed by atoms with van der Waals surface area (Å²) in [5.41, 5.74) is 0.497. The van der Waals surface area contributed by atoms with Crippen LogP contribution in [0, 0.1) is 0 Å². The van der Waals surface area contributed by atoms with E-state index in [9.17, 15) is 4.79 Å². The van der Waals surface area contributed by atoms with Gasteiger partial charge >= 0.3 is 0 Å². The molecule has 0 saturated carbocycles. The Morgan fingerprint density at radius 3 is 2.50 bits per heavy atom. The molecule has 78 valence electrons. The smallest absolute Gasteiger partial charge is 0.254 e. The molecule has 0 aliphatic carbocycles. The van der Waals surface area contributed by atoms with Gasteiger partial charge in [-0.25, -0.2) is 9.97 Å². The van der Waals surface area contributed by atoms with Crippen molar-refractivity contribution in [2.75, 3.05) is 6.26 Å². The summed E-state index contributed by atoms with van der Waals surface area (Å²) in [6.07, 6.45) is 4.97. The van der Waals surface area contributed by atoms with E-state index in [1.165, 1.54) is 24.2 Å². The van der Waals surface area contributed by atoms with Crippen LogP contribution in [0.5, 0.6) is 0 Å². The topological polar surface area (TPSA) is 54.9 Å². The van der Waals surface area contributed by atoms with Crippen LogP contribution in [0.15, 0.2) is 17.6 Å². The van der Waals surface area contributed by atoms with E-state index in [2.05, 4.69) is 15.3 Å². The number of nitrogens with zero attached hydrogens (tertiary/aromatic N) is 2. The molecule has 1 heterocycles.